The molecule has 0 saturated carbocycles. The Morgan fingerprint density at radius 1 is 1.23 bits per heavy atom. The SMILES string of the molecule is CC(C)(C)OC(=O)N[C@@H](CC(=O)O)c1ccc(C(C)(C)C)s1. The van der Waals surface area contributed by atoms with E-state index in [-0.39, 0.29) is 11.8 Å². The van der Waals surface area contributed by atoms with Gasteiger partial charge in [-0.1, -0.05) is 20.8 Å². The van der Waals surface area contributed by atoms with E-state index in [0.717, 1.165) is 9.75 Å². The number of hydrogen-bond donors (Lipinski definition) is 2. The molecule has 0 unspecified atom stereocenters. The molecule has 0 aliphatic rings. The largest absolute Gasteiger partial charge is 0.481 e. The molecule has 2 N–H and O–H groups in total. The highest BCUT2D eigenvalue weighted by Gasteiger charge is 2.25. The van der Waals surface area contributed by atoms with Crippen molar-refractivity contribution >= 4 is 23.4 Å². The fraction of sp³-hybridized carbons (Fsp3) is 0.625. The lowest BCUT2D eigenvalue weighted by molar-refractivity contribution is -0.137. The minimum Gasteiger partial charge on any atom is -0.481 e. The second-order valence-corrected chi connectivity index (χ2v) is 8.36. The smallest absolute Gasteiger partial charge is 0.408 e. The third-order valence-corrected chi connectivity index (χ3v) is 4.40. The quantitative estimate of drug-likeness (QED) is 0.873. The summed E-state index contributed by atoms with van der Waals surface area (Å²) in [6.07, 6.45) is -0.784. The second-order valence-electron chi connectivity index (χ2n) is 7.25. The summed E-state index contributed by atoms with van der Waals surface area (Å²) >= 11 is 1.52. The maximum absolute atomic E-state index is 11.9. The molecule has 1 heterocycles. The van der Waals surface area contributed by atoms with Crippen LogP contribution < -0.4 is 5.32 Å². The Hall–Kier alpha value is -1.56. The molecule has 5 nitrogen and oxygen atoms in total. The van der Waals surface area contributed by atoms with Gasteiger partial charge in [0.1, 0.15) is 5.60 Å². The monoisotopic (exact) mass is 327 g/mol. The van der Waals surface area contributed by atoms with E-state index in [1.807, 2.05) is 12.1 Å². The molecule has 0 radical (unpaired) electrons. The molecule has 22 heavy (non-hydrogen) atoms. The standard InChI is InChI=1S/C16H25NO4S/c1-15(2,3)12-8-7-11(22-12)10(9-13(18)19)17-14(20)21-16(4,5)6/h7-8,10H,9H2,1-6H3,(H,17,20)(H,18,19)/t10-/m0/s1. The van der Waals surface area contributed by atoms with Gasteiger partial charge in [0.05, 0.1) is 12.5 Å². The molecule has 0 fully saturated rings. The number of amides is 1. The van der Waals surface area contributed by atoms with Crippen LogP contribution in [0.5, 0.6) is 0 Å². The van der Waals surface area contributed by atoms with E-state index in [1.165, 1.54) is 11.3 Å². The van der Waals surface area contributed by atoms with Gasteiger partial charge in [0, 0.05) is 9.75 Å². The van der Waals surface area contributed by atoms with Crippen LogP contribution in [0.15, 0.2) is 12.1 Å². The van der Waals surface area contributed by atoms with Gasteiger partial charge in [0.25, 0.3) is 0 Å². The number of carbonyl (C=O) groups excluding carboxylic acids is 1. The van der Waals surface area contributed by atoms with Crippen molar-refractivity contribution in [1.82, 2.24) is 5.32 Å². The molecule has 124 valence electrons. The summed E-state index contributed by atoms with van der Waals surface area (Å²) in [5.74, 6) is -0.966. The zero-order valence-electron chi connectivity index (χ0n) is 14.0. The highest BCUT2D eigenvalue weighted by Crippen LogP contribution is 2.33. The number of hydrogen-bond acceptors (Lipinski definition) is 4. The highest BCUT2D eigenvalue weighted by atomic mass is 32.1. The van der Waals surface area contributed by atoms with E-state index < -0.39 is 23.7 Å². The van der Waals surface area contributed by atoms with Gasteiger partial charge in [0.2, 0.25) is 0 Å². The average molecular weight is 327 g/mol. The summed E-state index contributed by atoms with van der Waals surface area (Å²) in [6, 6.07) is 3.26. The van der Waals surface area contributed by atoms with Gasteiger partial charge in [0.15, 0.2) is 0 Å². The summed E-state index contributed by atoms with van der Waals surface area (Å²) in [6.45, 7) is 11.6. The first-order valence-electron chi connectivity index (χ1n) is 7.20. The summed E-state index contributed by atoms with van der Waals surface area (Å²) < 4.78 is 5.21. The Morgan fingerprint density at radius 2 is 1.82 bits per heavy atom. The summed E-state index contributed by atoms with van der Waals surface area (Å²) in [5, 5.41) is 11.7. The van der Waals surface area contributed by atoms with Crippen molar-refractivity contribution in [3.63, 3.8) is 0 Å². The summed E-state index contributed by atoms with van der Waals surface area (Å²) in [7, 11) is 0. The minimum absolute atomic E-state index is 0.0113. The Bertz CT molecular complexity index is 537. The van der Waals surface area contributed by atoms with Crippen molar-refractivity contribution in [2.75, 3.05) is 0 Å². The molecule has 1 aromatic rings. The number of carbonyl (C=O) groups is 2. The zero-order valence-corrected chi connectivity index (χ0v) is 14.8. The molecule has 0 spiro atoms. The fourth-order valence-corrected chi connectivity index (χ4v) is 2.91. The first kappa shape index (κ1) is 18.5. The van der Waals surface area contributed by atoms with E-state index in [2.05, 4.69) is 26.1 Å². The van der Waals surface area contributed by atoms with Crippen LogP contribution >= 0.6 is 11.3 Å². The number of ether oxygens (including phenoxy) is 1. The topological polar surface area (TPSA) is 75.6 Å². The van der Waals surface area contributed by atoms with Gasteiger partial charge >= 0.3 is 12.1 Å². The first-order chi connectivity index (χ1) is 9.88. The molecule has 0 bridgehead atoms. The Morgan fingerprint density at radius 3 is 2.23 bits per heavy atom. The maximum atomic E-state index is 11.9. The van der Waals surface area contributed by atoms with Gasteiger partial charge in [-0.2, -0.15) is 0 Å². The van der Waals surface area contributed by atoms with Crippen LogP contribution in [0.3, 0.4) is 0 Å². The van der Waals surface area contributed by atoms with E-state index in [9.17, 15) is 9.59 Å². The van der Waals surface area contributed by atoms with Gasteiger partial charge in [-0.25, -0.2) is 4.79 Å². The van der Waals surface area contributed by atoms with E-state index >= 15 is 0 Å². The number of nitrogens with one attached hydrogen (secondary N) is 1. The number of thiophene rings is 1. The van der Waals surface area contributed by atoms with Crippen LogP contribution in [0.2, 0.25) is 0 Å². The normalized spacial score (nSPS) is 13.5. The molecule has 6 heteroatoms. The average Bonchev–Trinajstić information content (AvgIpc) is 2.72. The zero-order chi connectivity index (χ0) is 17.1. The number of rotatable bonds is 4. The molecule has 1 aromatic heterocycles. The van der Waals surface area contributed by atoms with Gasteiger partial charge in [-0.15, -0.1) is 11.3 Å². The third kappa shape index (κ3) is 6.05. The van der Waals surface area contributed by atoms with Crippen LogP contribution in [0.1, 0.15) is 63.8 Å². The van der Waals surface area contributed by atoms with E-state index in [0.29, 0.717) is 0 Å². The third-order valence-electron chi connectivity index (χ3n) is 2.78. The van der Waals surface area contributed by atoms with Crippen LogP contribution in [0.4, 0.5) is 4.79 Å². The van der Waals surface area contributed by atoms with Gasteiger partial charge < -0.3 is 15.2 Å². The van der Waals surface area contributed by atoms with Crippen molar-refractivity contribution in [2.45, 2.75) is 65.0 Å². The molecule has 0 aliphatic heterocycles. The van der Waals surface area contributed by atoms with Crippen LogP contribution in [-0.2, 0) is 14.9 Å². The van der Waals surface area contributed by atoms with Crippen molar-refractivity contribution < 1.29 is 19.4 Å². The molecule has 1 rings (SSSR count). The van der Waals surface area contributed by atoms with Crippen LogP contribution in [-0.4, -0.2) is 22.8 Å². The predicted molar refractivity (Wildman–Crippen MR) is 87.4 cm³/mol. The predicted octanol–water partition coefficient (Wildman–Crippen LogP) is 4.09. The van der Waals surface area contributed by atoms with Gasteiger partial charge in [-0.3, -0.25) is 4.79 Å². The van der Waals surface area contributed by atoms with Crippen LogP contribution in [0.25, 0.3) is 0 Å². The minimum atomic E-state index is -0.966. The lowest BCUT2D eigenvalue weighted by Crippen LogP contribution is -2.35. The number of carboxylic acids is 1. The lowest BCUT2D eigenvalue weighted by Gasteiger charge is -2.22. The Labute approximate surface area is 135 Å². The molecular formula is C16H25NO4S. The number of aliphatic carboxylic acids is 1. The molecule has 0 aliphatic carbocycles. The lowest BCUT2D eigenvalue weighted by atomic mass is 9.95. The maximum Gasteiger partial charge on any atom is 0.408 e. The van der Waals surface area contributed by atoms with Crippen molar-refractivity contribution in [3.8, 4) is 0 Å². The summed E-state index contributed by atoms with van der Waals surface area (Å²) in [4.78, 5) is 24.9. The first-order valence-corrected chi connectivity index (χ1v) is 8.01. The summed E-state index contributed by atoms with van der Waals surface area (Å²) in [5.41, 5.74) is -0.632. The number of carboxylic acid groups (broad SMARTS) is 1. The van der Waals surface area contributed by atoms with E-state index in [1.54, 1.807) is 20.8 Å². The molecular weight excluding hydrogens is 302 g/mol. The van der Waals surface area contributed by atoms with Crippen molar-refractivity contribution in [3.05, 3.63) is 21.9 Å². The Kier molecular flexibility index (Phi) is 5.62. The van der Waals surface area contributed by atoms with Crippen LogP contribution in [0, 0.1) is 0 Å². The van der Waals surface area contributed by atoms with Crippen molar-refractivity contribution in [2.24, 2.45) is 0 Å². The highest BCUT2D eigenvalue weighted by molar-refractivity contribution is 7.12. The van der Waals surface area contributed by atoms with E-state index in [4.69, 9.17) is 9.84 Å². The van der Waals surface area contributed by atoms with Crippen molar-refractivity contribution in [1.29, 1.82) is 0 Å². The fourth-order valence-electron chi connectivity index (χ4n) is 1.79. The van der Waals surface area contributed by atoms with Gasteiger partial charge in [-0.05, 0) is 38.3 Å². The number of alkyl carbamates (subject to hydrolysis) is 1. The molecule has 1 amide bonds. The molecule has 0 aromatic carbocycles. The Balaban J connectivity index is 2.91. The second kappa shape index (κ2) is 6.69. The molecule has 1 atom stereocenters. The molecule has 0 saturated heterocycles.